The van der Waals surface area contributed by atoms with Gasteiger partial charge in [0.15, 0.2) is 0 Å². The molecule has 1 nitrogen and oxygen atoms in total. The zero-order chi connectivity index (χ0) is 12.7. The summed E-state index contributed by atoms with van der Waals surface area (Å²) in [4.78, 5) is 0. The largest absolute Gasteiger partial charge is 0.376 e. The van der Waals surface area contributed by atoms with Crippen LogP contribution in [0.3, 0.4) is 0 Å². The Bertz CT molecular complexity index is 328. The molecular formula is C14H21ClOS. The third-order valence-corrected chi connectivity index (χ3v) is 4.31. The van der Waals surface area contributed by atoms with Crippen molar-refractivity contribution < 1.29 is 4.74 Å². The Hall–Kier alpha value is -0.180. The summed E-state index contributed by atoms with van der Waals surface area (Å²) in [5.74, 6) is 0.871. The Morgan fingerprint density at radius 2 is 2.00 bits per heavy atom. The maximum atomic E-state index is 5.93. The average Bonchev–Trinajstić information content (AvgIpc) is 2.35. The Morgan fingerprint density at radius 3 is 2.53 bits per heavy atom. The molecule has 0 atom stereocenters. The summed E-state index contributed by atoms with van der Waals surface area (Å²) in [6, 6.07) is 7.81. The van der Waals surface area contributed by atoms with Crippen LogP contribution in [0.25, 0.3) is 0 Å². The van der Waals surface area contributed by atoms with Crippen LogP contribution in [0.1, 0.15) is 32.3 Å². The van der Waals surface area contributed by atoms with Crippen LogP contribution in [0.5, 0.6) is 0 Å². The standard InChI is InChI=1S/C14H21ClOS/c1-3-14(4-2,11-17)10-16-9-12-6-5-7-13(15)8-12/h5-8,17H,3-4,9-11H2,1-2H3. The van der Waals surface area contributed by atoms with Gasteiger partial charge >= 0.3 is 0 Å². The number of hydrogen-bond acceptors (Lipinski definition) is 2. The van der Waals surface area contributed by atoms with E-state index in [1.165, 1.54) is 0 Å². The minimum Gasteiger partial charge on any atom is -0.376 e. The highest BCUT2D eigenvalue weighted by Gasteiger charge is 2.24. The molecule has 0 aliphatic heterocycles. The van der Waals surface area contributed by atoms with Crippen molar-refractivity contribution in [2.45, 2.75) is 33.3 Å². The second-order valence-corrected chi connectivity index (χ2v) is 5.24. The van der Waals surface area contributed by atoms with Gasteiger partial charge in [0.05, 0.1) is 13.2 Å². The molecule has 0 saturated carbocycles. The molecule has 0 unspecified atom stereocenters. The van der Waals surface area contributed by atoms with Crippen LogP contribution < -0.4 is 0 Å². The first-order chi connectivity index (χ1) is 8.15. The molecule has 0 amide bonds. The summed E-state index contributed by atoms with van der Waals surface area (Å²) in [6.45, 7) is 5.77. The van der Waals surface area contributed by atoms with E-state index < -0.39 is 0 Å². The van der Waals surface area contributed by atoms with Crippen LogP contribution >= 0.6 is 24.2 Å². The van der Waals surface area contributed by atoms with Crippen LogP contribution in [0.15, 0.2) is 24.3 Å². The molecule has 0 bridgehead atoms. The van der Waals surface area contributed by atoms with Crippen molar-refractivity contribution in [1.82, 2.24) is 0 Å². The van der Waals surface area contributed by atoms with Gasteiger partial charge < -0.3 is 4.74 Å². The molecule has 1 rings (SSSR count). The number of benzene rings is 1. The Morgan fingerprint density at radius 1 is 1.29 bits per heavy atom. The lowest BCUT2D eigenvalue weighted by Crippen LogP contribution is -2.27. The lowest BCUT2D eigenvalue weighted by molar-refractivity contribution is 0.0408. The molecule has 0 aliphatic carbocycles. The Balaban J connectivity index is 2.46. The summed E-state index contributed by atoms with van der Waals surface area (Å²) in [6.07, 6.45) is 2.20. The molecule has 96 valence electrons. The summed E-state index contributed by atoms with van der Waals surface area (Å²) in [5, 5.41) is 0.762. The van der Waals surface area contributed by atoms with Crippen molar-refractivity contribution in [1.29, 1.82) is 0 Å². The summed E-state index contributed by atoms with van der Waals surface area (Å²) >= 11 is 10.4. The predicted octanol–water partition coefficient (Wildman–Crippen LogP) is 4.59. The summed E-state index contributed by atoms with van der Waals surface area (Å²) in [5.41, 5.74) is 1.33. The van der Waals surface area contributed by atoms with Crippen molar-refractivity contribution >= 4 is 24.2 Å². The molecule has 0 heterocycles. The van der Waals surface area contributed by atoms with E-state index in [4.69, 9.17) is 16.3 Å². The van der Waals surface area contributed by atoms with E-state index in [0.29, 0.717) is 6.61 Å². The topological polar surface area (TPSA) is 9.23 Å². The minimum atomic E-state index is 0.210. The molecule has 0 spiro atoms. The maximum absolute atomic E-state index is 5.93. The monoisotopic (exact) mass is 272 g/mol. The third-order valence-electron chi connectivity index (χ3n) is 3.40. The molecule has 0 saturated heterocycles. The first-order valence-electron chi connectivity index (χ1n) is 6.09. The highest BCUT2D eigenvalue weighted by atomic mass is 35.5. The van der Waals surface area contributed by atoms with Gasteiger partial charge in [0, 0.05) is 10.4 Å². The second-order valence-electron chi connectivity index (χ2n) is 4.49. The third kappa shape index (κ3) is 4.53. The lowest BCUT2D eigenvalue weighted by Gasteiger charge is -2.29. The average molecular weight is 273 g/mol. The van der Waals surface area contributed by atoms with Gasteiger partial charge in [0.1, 0.15) is 0 Å². The van der Waals surface area contributed by atoms with Crippen LogP contribution in [-0.2, 0) is 11.3 Å². The van der Waals surface area contributed by atoms with Gasteiger partial charge in [-0.15, -0.1) is 0 Å². The molecule has 1 aromatic rings. The molecule has 17 heavy (non-hydrogen) atoms. The molecule has 0 aliphatic rings. The van der Waals surface area contributed by atoms with Crippen molar-refractivity contribution in [3.63, 3.8) is 0 Å². The highest BCUT2D eigenvalue weighted by molar-refractivity contribution is 7.80. The van der Waals surface area contributed by atoms with E-state index in [9.17, 15) is 0 Å². The molecular weight excluding hydrogens is 252 g/mol. The van der Waals surface area contributed by atoms with Crippen LogP contribution in [-0.4, -0.2) is 12.4 Å². The molecule has 1 aromatic carbocycles. The van der Waals surface area contributed by atoms with E-state index in [-0.39, 0.29) is 5.41 Å². The zero-order valence-electron chi connectivity index (χ0n) is 10.6. The van der Waals surface area contributed by atoms with Crippen LogP contribution in [0, 0.1) is 5.41 Å². The molecule has 0 N–H and O–H groups in total. The second kappa shape index (κ2) is 7.30. The Kier molecular flexibility index (Phi) is 6.39. The van der Waals surface area contributed by atoms with Crippen molar-refractivity contribution in [3.05, 3.63) is 34.9 Å². The zero-order valence-corrected chi connectivity index (χ0v) is 12.2. The number of halogens is 1. The van der Waals surface area contributed by atoms with Gasteiger partial charge in [-0.1, -0.05) is 37.6 Å². The van der Waals surface area contributed by atoms with E-state index in [1.807, 2.05) is 24.3 Å². The number of rotatable bonds is 7. The number of thiol groups is 1. The van der Waals surface area contributed by atoms with E-state index >= 15 is 0 Å². The van der Waals surface area contributed by atoms with Crippen LogP contribution in [0.2, 0.25) is 5.02 Å². The first kappa shape index (κ1) is 14.9. The molecule has 0 fully saturated rings. The van der Waals surface area contributed by atoms with Gasteiger partial charge in [0.2, 0.25) is 0 Å². The van der Waals surface area contributed by atoms with Gasteiger partial charge in [0.25, 0.3) is 0 Å². The Labute approximate surface area is 115 Å². The smallest absolute Gasteiger partial charge is 0.0717 e. The fourth-order valence-corrected chi connectivity index (χ4v) is 2.49. The molecule has 3 heteroatoms. The van der Waals surface area contributed by atoms with Crippen molar-refractivity contribution in [2.24, 2.45) is 5.41 Å². The fourth-order valence-electron chi connectivity index (χ4n) is 1.74. The first-order valence-corrected chi connectivity index (χ1v) is 7.10. The summed E-state index contributed by atoms with van der Waals surface area (Å²) in [7, 11) is 0. The van der Waals surface area contributed by atoms with Gasteiger partial charge in [-0.25, -0.2) is 0 Å². The fraction of sp³-hybridized carbons (Fsp3) is 0.571. The maximum Gasteiger partial charge on any atom is 0.0717 e. The van der Waals surface area contributed by atoms with E-state index in [2.05, 4.69) is 26.5 Å². The van der Waals surface area contributed by atoms with E-state index in [0.717, 1.165) is 35.8 Å². The normalized spacial score (nSPS) is 11.8. The summed E-state index contributed by atoms with van der Waals surface area (Å²) < 4.78 is 5.81. The number of hydrogen-bond donors (Lipinski definition) is 1. The minimum absolute atomic E-state index is 0.210. The quantitative estimate of drug-likeness (QED) is 0.714. The predicted molar refractivity (Wildman–Crippen MR) is 78.0 cm³/mol. The highest BCUT2D eigenvalue weighted by Crippen LogP contribution is 2.28. The van der Waals surface area contributed by atoms with Crippen molar-refractivity contribution in [2.75, 3.05) is 12.4 Å². The molecule has 0 radical (unpaired) electrons. The van der Waals surface area contributed by atoms with Crippen molar-refractivity contribution in [3.8, 4) is 0 Å². The number of ether oxygens (including phenoxy) is 1. The van der Waals surface area contributed by atoms with Gasteiger partial charge in [-0.3, -0.25) is 0 Å². The molecule has 0 aromatic heterocycles. The van der Waals surface area contributed by atoms with Gasteiger partial charge in [-0.05, 0) is 36.3 Å². The SMILES string of the molecule is CCC(CC)(CS)COCc1cccc(Cl)c1. The van der Waals surface area contributed by atoms with Gasteiger partial charge in [-0.2, -0.15) is 12.6 Å². The van der Waals surface area contributed by atoms with E-state index in [1.54, 1.807) is 0 Å². The lowest BCUT2D eigenvalue weighted by atomic mass is 9.85. The van der Waals surface area contributed by atoms with Crippen LogP contribution in [0.4, 0.5) is 0 Å².